The summed E-state index contributed by atoms with van der Waals surface area (Å²) in [5.74, 6) is -0.594. The average molecular weight is 305 g/mol. The molecule has 0 saturated carbocycles. The molecular formula is C13H20FNO4S. The van der Waals surface area contributed by atoms with Crippen LogP contribution < -0.4 is 4.72 Å². The number of sulfonamides is 1. The number of hydrogen-bond acceptors (Lipinski definition) is 4. The van der Waals surface area contributed by atoms with Crippen LogP contribution in [0.4, 0.5) is 4.39 Å². The molecule has 1 rings (SSSR count). The van der Waals surface area contributed by atoms with Crippen molar-refractivity contribution in [1.82, 2.24) is 4.72 Å². The summed E-state index contributed by atoms with van der Waals surface area (Å²) in [5.41, 5.74) is -0.526. The summed E-state index contributed by atoms with van der Waals surface area (Å²) in [6, 6.07) is 2.36. The summed E-state index contributed by atoms with van der Waals surface area (Å²) in [6.07, 6.45) is 0. The lowest BCUT2D eigenvalue weighted by molar-refractivity contribution is 0.0276. The summed E-state index contributed by atoms with van der Waals surface area (Å²) >= 11 is 0. The minimum atomic E-state index is -3.78. The smallest absolute Gasteiger partial charge is 0.240 e. The van der Waals surface area contributed by atoms with Gasteiger partial charge in [-0.1, -0.05) is 0 Å². The van der Waals surface area contributed by atoms with Crippen LogP contribution in [0.5, 0.6) is 0 Å². The van der Waals surface area contributed by atoms with Crippen molar-refractivity contribution >= 4 is 10.0 Å². The van der Waals surface area contributed by atoms with E-state index in [1.54, 1.807) is 13.8 Å². The van der Waals surface area contributed by atoms with Crippen LogP contribution in [0.3, 0.4) is 0 Å². The van der Waals surface area contributed by atoms with E-state index in [9.17, 15) is 12.8 Å². The molecule has 0 radical (unpaired) electrons. The molecule has 1 aromatic rings. The van der Waals surface area contributed by atoms with Crippen LogP contribution in [0.25, 0.3) is 0 Å². The molecule has 0 spiro atoms. The monoisotopic (exact) mass is 305 g/mol. The highest BCUT2D eigenvalue weighted by Crippen LogP contribution is 2.19. The second-order valence-corrected chi connectivity index (χ2v) is 6.93. The van der Waals surface area contributed by atoms with Crippen molar-refractivity contribution in [3.05, 3.63) is 29.1 Å². The molecule has 0 saturated heterocycles. The van der Waals surface area contributed by atoms with Crippen molar-refractivity contribution in [2.75, 3.05) is 13.7 Å². The third-order valence-electron chi connectivity index (χ3n) is 3.02. The first-order valence-corrected chi connectivity index (χ1v) is 7.56. The van der Waals surface area contributed by atoms with Crippen molar-refractivity contribution in [3.8, 4) is 0 Å². The highest BCUT2D eigenvalue weighted by Gasteiger charge is 2.23. The predicted octanol–water partition coefficient (Wildman–Crippen LogP) is 1.33. The zero-order valence-corrected chi connectivity index (χ0v) is 12.8. The lowest BCUT2D eigenvalue weighted by atomic mass is 10.1. The van der Waals surface area contributed by atoms with Crippen LogP contribution in [0.15, 0.2) is 17.0 Å². The van der Waals surface area contributed by atoms with Crippen LogP contribution in [0.2, 0.25) is 0 Å². The lowest BCUT2D eigenvalue weighted by Gasteiger charge is -2.23. The molecule has 0 amide bonds. The Morgan fingerprint density at radius 3 is 2.50 bits per heavy atom. The molecular weight excluding hydrogens is 285 g/mol. The Morgan fingerprint density at radius 1 is 1.40 bits per heavy atom. The quantitative estimate of drug-likeness (QED) is 0.831. The Labute approximate surface area is 118 Å². The molecule has 0 bridgehead atoms. The van der Waals surface area contributed by atoms with Gasteiger partial charge < -0.3 is 9.84 Å². The van der Waals surface area contributed by atoms with Crippen molar-refractivity contribution in [3.63, 3.8) is 0 Å². The van der Waals surface area contributed by atoms with Gasteiger partial charge in [-0.05, 0) is 38.5 Å². The van der Waals surface area contributed by atoms with Crippen LogP contribution >= 0.6 is 0 Å². The van der Waals surface area contributed by atoms with Crippen molar-refractivity contribution in [2.24, 2.45) is 0 Å². The first kappa shape index (κ1) is 17.0. The topological polar surface area (TPSA) is 75.6 Å². The number of hydrogen-bond donors (Lipinski definition) is 2. The zero-order chi connectivity index (χ0) is 15.6. The maximum absolute atomic E-state index is 13.6. The van der Waals surface area contributed by atoms with E-state index in [1.807, 2.05) is 0 Å². The summed E-state index contributed by atoms with van der Waals surface area (Å²) < 4.78 is 45.5. The molecule has 1 aromatic carbocycles. The summed E-state index contributed by atoms with van der Waals surface area (Å²) in [6.45, 7) is 4.46. The molecule has 20 heavy (non-hydrogen) atoms. The summed E-state index contributed by atoms with van der Waals surface area (Å²) in [4.78, 5) is -0.0765. The molecule has 0 aliphatic carbocycles. The molecule has 0 aliphatic heterocycles. The van der Waals surface area contributed by atoms with E-state index in [4.69, 9.17) is 9.84 Å². The van der Waals surface area contributed by atoms with Gasteiger partial charge in [-0.25, -0.2) is 17.5 Å². The van der Waals surface area contributed by atoms with E-state index in [2.05, 4.69) is 4.72 Å². The maximum Gasteiger partial charge on any atom is 0.240 e. The van der Waals surface area contributed by atoms with Gasteiger partial charge in [0.05, 0.1) is 17.1 Å². The van der Waals surface area contributed by atoms with Gasteiger partial charge in [-0.15, -0.1) is 0 Å². The largest absolute Gasteiger partial charge is 0.392 e. The number of halogens is 1. The van der Waals surface area contributed by atoms with Gasteiger partial charge in [-0.2, -0.15) is 0 Å². The second-order valence-electron chi connectivity index (χ2n) is 5.16. The first-order chi connectivity index (χ1) is 9.13. The van der Waals surface area contributed by atoms with Gasteiger partial charge in [0, 0.05) is 19.2 Å². The standard InChI is InChI=1S/C13H20FNO4S/c1-9-5-11(6-10(7-16)12(9)14)20(17,18)15-8-13(2,3)19-4/h5-6,15-16H,7-8H2,1-4H3. The lowest BCUT2D eigenvalue weighted by Crippen LogP contribution is -2.39. The number of aliphatic hydroxyl groups excluding tert-OH is 1. The Kier molecular flexibility index (Phi) is 5.26. The molecule has 0 heterocycles. The van der Waals surface area contributed by atoms with Gasteiger partial charge >= 0.3 is 0 Å². The zero-order valence-electron chi connectivity index (χ0n) is 12.0. The molecule has 0 aliphatic rings. The molecule has 0 unspecified atom stereocenters. The van der Waals surface area contributed by atoms with E-state index in [0.717, 1.165) is 6.07 Å². The fourth-order valence-corrected chi connectivity index (χ4v) is 2.83. The second kappa shape index (κ2) is 6.17. The number of rotatable bonds is 6. The molecule has 5 nitrogen and oxygen atoms in total. The molecule has 2 N–H and O–H groups in total. The van der Waals surface area contributed by atoms with E-state index in [1.165, 1.54) is 20.1 Å². The minimum absolute atomic E-state index is 0.0450. The Balaban J connectivity index is 3.07. The van der Waals surface area contributed by atoms with Crippen LogP contribution in [-0.2, 0) is 21.4 Å². The number of benzene rings is 1. The van der Waals surface area contributed by atoms with Gasteiger partial charge in [-0.3, -0.25) is 0 Å². The van der Waals surface area contributed by atoms with E-state index in [0.29, 0.717) is 0 Å². The third-order valence-corrected chi connectivity index (χ3v) is 4.41. The first-order valence-electron chi connectivity index (χ1n) is 6.07. The number of aliphatic hydroxyl groups is 1. The highest BCUT2D eigenvalue weighted by atomic mass is 32.2. The van der Waals surface area contributed by atoms with Crippen molar-refractivity contribution in [2.45, 2.75) is 37.9 Å². The predicted molar refractivity (Wildman–Crippen MR) is 73.3 cm³/mol. The Hall–Kier alpha value is -1.02. The third kappa shape index (κ3) is 3.99. The SMILES string of the molecule is COC(C)(C)CNS(=O)(=O)c1cc(C)c(F)c(CO)c1. The fraction of sp³-hybridized carbons (Fsp3) is 0.538. The van der Waals surface area contributed by atoms with Crippen molar-refractivity contribution < 1.29 is 22.7 Å². The molecule has 114 valence electrons. The fourth-order valence-electron chi connectivity index (χ4n) is 1.50. The molecule has 0 fully saturated rings. The van der Waals surface area contributed by atoms with Crippen LogP contribution in [0, 0.1) is 12.7 Å². The Bertz CT molecular complexity index is 584. The molecule has 7 heteroatoms. The summed E-state index contributed by atoms with van der Waals surface area (Å²) in [7, 11) is -2.30. The number of methoxy groups -OCH3 is 1. The number of ether oxygens (including phenoxy) is 1. The summed E-state index contributed by atoms with van der Waals surface area (Å²) in [5, 5.41) is 9.06. The van der Waals surface area contributed by atoms with E-state index in [-0.39, 0.29) is 22.6 Å². The van der Waals surface area contributed by atoms with E-state index < -0.39 is 28.0 Å². The Morgan fingerprint density at radius 2 is 2.00 bits per heavy atom. The van der Waals surface area contributed by atoms with Gasteiger partial charge in [0.1, 0.15) is 5.82 Å². The average Bonchev–Trinajstić information content (AvgIpc) is 2.39. The maximum atomic E-state index is 13.6. The normalized spacial score (nSPS) is 12.7. The van der Waals surface area contributed by atoms with Crippen molar-refractivity contribution in [1.29, 1.82) is 0 Å². The minimum Gasteiger partial charge on any atom is -0.392 e. The van der Waals surface area contributed by atoms with Gasteiger partial charge in [0.15, 0.2) is 0 Å². The number of aryl methyl sites for hydroxylation is 1. The molecule has 0 aromatic heterocycles. The van der Waals surface area contributed by atoms with Crippen LogP contribution in [0.1, 0.15) is 25.0 Å². The van der Waals surface area contributed by atoms with Crippen LogP contribution in [-0.4, -0.2) is 32.8 Å². The highest BCUT2D eigenvalue weighted by molar-refractivity contribution is 7.89. The number of nitrogens with one attached hydrogen (secondary N) is 1. The molecule has 0 atom stereocenters. The van der Waals surface area contributed by atoms with Gasteiger partial charge in [0.25, 0.3) is 0 Å². The van der Waals surface area contributed by atoms with E-state index >= 15 is 0 Å². The van der Waals surface area contributed by atoms with Gasteiger partial charge in [0.2, 0.25) is 10.0 Å².